The van der Waals surface area contributed by atoms with Gasteiger partial charge in [0.05, 0.1) is 6.61 Å². The second-order valence-electron chi connectivity index (χ2n) is 5.76. The maximum atomic E-state index is 12.0. The number of hydrogen-bond acceptors (Lipinski definition) is 3. The summed E-state index contributed by atoms with van der Waals surface area (Å²) in [7, 11) is 1.43. The molecule has 0 aromatic heterocycles. The Morgan fingerprint density at radius 2 is 2.00 bits per heavy atom. The molecule has 3 atom stereocenters. The van der Waals surface area contributed by atoms with Crippen molar-refractivity contribution in [3.05, 3.63) is 0 Å². The fourth-order valence-electron chi connectivity index (χ4n) is 3.22. The molecule has 3 unspecified atom stereocenters. The molecule has 5 nitrogen and oxygen atoms in total. The zero-order valence-electron chi connectivity index (χ0n) is 11.4. The number of carbonyl (C=O) groups excluding carboxylic acids is 1. The second kappa shape index (κ2) is 6.37. The number of hydrogen-bond donors (Lipinski definition) is 2. The van der Waals surface area contributed by atoms with E-state index in [0.717, 1.165) is 6.42 Å². The van der Waals surface area contributed by atoms with Crippen LogP contribution in [0.2, 0.25) is 0 Å². The van der Waals surface area contributed by atoms with Gasteiger partial charge in [0, 0.05) is 13.0 Å². The van der Waals surface area contributed by atoms with E-state index in [1.54, 1.807) is 0 Å². The minimum atomic E-state index is -1.04. The number of aliphatic carboxylic acids is 1. The lowest BCUT2D eigenvalue weighted by atomic mass is 9.85. The van der Waals surface area contributed by atoms with Crippen LogP contribution < -0.4 is 5.32 Å². The summed E-state index contributed by atoms with van der Waals surface area (Å²) in [6.45, 7) is 0.0158. The summed E-state index contributed by atoms with van der Waals surface area (Å²) >= 11 is 0. The highest BCUT2D eigenvalue weighted by molar-refractivity contribution is 5.86. The summed E-state index contributed by atoms with van der Waals surface area (Å²) in [6.07, 6.45) is 7.25. The van der Waals surface area contributed by atoms with E-state index in [1.807, 2.05) is 0 Å². The van der Waals surface area contributed by atoms with Crippen molar-refractivity contribution in [2.24, 2.45) is 17.8 Å². The average Bonchev–Trinajstić information content (AvgIpc) is 3.19. The lowest BCUT2D eigenvalue weighted by Crippen LogP contribution is -2.44. The van der Waals surface area contributed by atoms with E-state index in [0.29, 0.717) is 11.8 Å². The van der Waals surface area contributed by atoms with Crippen molar-refractivity contribution in [1.29, 1.82) is 0 Å². The van der Waals surface area contributed by atoms with E-state index >= 15 is 0 Å². The summed E-state index contributed by atoms with van der Waals surface area (Å²) < 4.78 is 4.81. The summed E-state index contributed by atoms with van der Waals surface area (Å²) in [5, 5.41) is 11.6. The van der Waals surface area contributed by atoms with Crippen LogP contribution in [0.4, 0.5) is 0 Å². The molecule has 2 saturated carbocycles. The van der Waals surface area contributed by atoms with Gasteiger partial charge in [-0.2, -0.15) is 0 Å². The van der Waals surface area contributed by atoms with Gasteiger partial charge < -0.3 is 15.2 Å². The number of rotatable bonds is 6. The van der Waals surface area contributed by atoms with E-state index in [4.69, 9.17) is 9.84 Å². The van der Waals surface area contributed by atoms with Crippen LogP contribution in [-0.4, -0.2) is 36.7 Å². The van der Waals surface area contributed by atoms with Gasteiger partial charge in [0.15, 0.2) is 6.04 Å². The van der Waals surface area contributed by atoms with Gasteiger partial charge in [-0.05, 0) is 18.3 Å². The van der Waals surface area contributed by atoms with E-state index in [9.17, 15) is 9.59 Å². The van der Waals surface area contributed by atoms with Gasteiger partial charge in [-0.3, -0.25) is 4.79 Å². The zero-order chi connectivity index (χ0) is 13.8. The lowest BCUT2D eigenvalue weighted by Gasteiger charge is -2.21. The number of amides is 1. The van der Waals surface area contributed by atoms with Crippen LogP contribution in [0.5, 0.6) is 0 Å². The standard InChI is InChI=1S/C14H23NO4/c1-19-8-12(14(17)18)15-13(16)11-7-10(11)9-5-3-2-4-6-9/h9-12H,2-8H2,1H3,(H,15,16)(H,17,18). The molecule has 2 N–H and O–H groups in total. The predicted octanol–water partition coefficient (Wildman–Crippen LogP) is 1.42. The third-order valence-electron chi connectivity index (χ3n) is 4.38. The molecular formula is C14H23NO4. The Balaban J connectivity index is 1.79. The molecule has 0 aromatic rings. The second-order valence-corrected chi connectivity index (χ2v) is 5.76. The Hall–Kier alpha value is -1.10. The maximum Gasteiger partial charge on any atom is 0.328 e. The van der Waals surface area contributed by atoms with Crippen molar-refractivity contribution >= 4 is 11.9 Å². The van der Waals surface area contributed by atoms with Crippen molar-refractivity contribution < 1.29 is 19.4 Å². The fraction of sp³-hybridized carbons (Fsp3) is 0.857. The minimum Gasteiger partial charge on any atom is -0.480 e. The minimum absolute atomic E-state index is 0.0158. The average molecular weight is 269 g/mol. The summed E-state index contributed by atoms with van der Waals surface area (Å²) in [4.78, 5) is 23.0. The zero-order valence-corrected chi connectivity index (χ0v) is 11.4. The quantitative estimate of drug-likeness (QED) is 0.764. The molecule has 2 rings (SSSR count). The Bertz CT molecular complexity index is 338. The highest BCUT2D eigenvalue weighted by Crippen LogP contribution is 2.49. The first-order valence-electron chi connectivity index (χ1n) is 7.15. The molecule has 0 aliphatic heterocycles. The van der Waals surface area contributed by atoms with Gasteiger partial charge in [0.1, 0.15) is 0 Å². The summed E-state index contributed by atoms with van der Waals surface area (Å²) in [5.74, 6) is 0.0411. The molecule has 2 aliphatic carbocycles. The largest absolute Gasteiger partial charge is 0.480 e. The molecule has 0 radical (unpaired) electrons. The van der Waals surface area contributed by atoms with Crippen LogP contribution in [0.15, 0.2) is 0 Å². The fourth-order valence-corrected chi connectivity index (χ4v) is 3.22. The van der Waals surface area contributed by atoms with Crippen molar-refractivity contribution in [2.75, 3.05) is 13.7 Å². The Labute approximate surface area is 113 Å². The summed E-state index contributed by atoms with van der Waals surface area (Å²) in [6, 6.07) is -0.926. The first kappa shape index (κ1) is 14.3. The molecule has 0 saturated heterocycles. The van der Waals surface area contributed by atoms with Crippen molar-refractivity contribution in [3.63, 3.8) is 0 Å². The maximum absolute atomic E-state index is 12.0. The lowest BCUT2D eigenvalue weighted by molar-refractivity contribution is -0.143. The molecule has 0 heterocycles. The number of carbonyl (C=O) groups is 2. The Kier molecular flexibility index (Phi) is 4.80. The van der Waals surface area contributed by atoms with Gasteiger partial charge in [-0.15, -0.1) is 0 Å². The molecule has 5 heteroatoms. The SMILES string of the molecule is COCC(NC(=O)C1CC1C1CCCCC1)C(=O)O. The van der Waals surface area contributed by atoms with Crippen LogP contribution in [-0.2, 0) is 14.3 Å². The Morgan fingerprint density at radius 3 is 2.58 bits per heavy atom. The summed E-state index contributed by atoms with van der Waals surface area (Å²) in [5.41, 5.74) is 0. The van der Waals surface area contributed by atoms with E-state index in [2.05, 4.69) is 5.32 Å². The number of methoxy groups -OCH3 is 1. The van der Waals surface area contributed by atoms with Gasteiger partial charge in [-0.25, -0.2) is 4.79 Å². The number of carboxylic acid groups (broad SMARTS) is 1. The molecule has 0 bridgehead atoms. The first-order valence-corrected chi connectivity index (χ1v) is 7.15. The third-order valence-corrected chi connectivity index (χ3v) is 4.38. The molecule has 0 aromatic carbocycles. The highest BCUT2D eigenvalue weighted by atomic mass is 16.5. The van der Waals surface area contributed by atoms with Gasteiger partial charge in [0.2, 0.25) is 5.91 Å². The van der Waals surface area contributed by atoms with Crippen molar-refractivity contribution in [3.8, 4) is 0 Å². The smallest absolute Gasteiger partial charge is 0.328 e. The molecule has 2 aliphatic rings. The number of carboxylic acids is 1. The number of ether oxygens (including phenoxy) is 1. The monoisotopic (exact) mass is 269 g/mol. The van der Waals surface area contributed by atoms with E-state index in [1.165, 1.54) is 39.2 Å². The van der Waals surface area contributed by atoms with Gasteiger partial charge in [0.25, 0.3) is 0 Å². The van der Waals surface area contributed by atoms with Gasteiger partial charge >= 0.3 is 5.97 Å². The molecule has 19 heavy (non-hydrogen) atoms. The van der Waals surface area contributed by atoms with E-state index in [-0.39, 0.29) is 18.4 Å². The normalized spacial score (nSPS) is 28.7. The molecule has 108 valence electrons. The van der Waals surface area contributed by atoms with E-state index < -0.39 is 12.0 Å². The first-order chi connectivity index (χ1) is 9.13. The van der Waals surface area contributed by atoms with Crippen molar-refractivity contribution in [2.45, 2.75) is 44.6 Å². The van der Waals surface area contributed by atoms with Crippen LogP contribution in [0.25, 0.3) is 0 Å². The predicted molar refractivity (Wildman–Crippen MR) is 69.6 cm³/mol. The molecule has 0 spiro atoms. The topological polar surface area (TPSA) is 75.6 Å². The van der Waals surface area contributed by atoms with Crippen LogP contribution in [0.3, 0.4) is 0 Å². The van der Waals surface area contributed by atoms with Crippen LogP contribution in [0.1, 0.15) is 38.5 Å². The Morgan fingerprint density at radius 1 is 1.32 bits per heavy atom. The number of nitrogens with one attached hydrogen (secondary N) is 1. The van der Waals surface area contributed by atoms with Gasteiger partial charge in [-0.1, -0.05) is 32.1 Å². The third kappa shape index (κ3) is 3.69. The molecule has 1 amide bonds. The van der Waals surface area contributed by atoms with Crippen molar-refractivity contribution in [1.82, 2.24) is 5.32 Å². The molecular weight excluding hydrogens is 246 g/mol. The molecule has 2 fully saturated rings. The highest BCUT2D eigenvalue weighted by Gasteiger charge is 2.47. The van der Waals surface area contributed by atoms with Crippen LogP contribution in [0, 0.1) is 17.8 Å². The van der Waals surface area contributed by atoms with Crippen LogP contribution >= 0.6 is 0 Å².